The number of nitrogens with one attached hydrogen (secondary N) is 1. The molecule has 0 saturated carbocycles. The van der Waals surface area contributed by atoms with Crippen LogP contribution in [0, 0.1) is 0 Å². The highest BCUT2D eigenvalue weighted by Gasteiger charge is 2.29. The van der Waals surface area contributed by atoms with E-state index in [1.54, 1.807) is 6.07 Å². The number of morpholine rings is 1. The van der Waals surface area contributed by atoms with E-state index in [0.717, 1.165) is 4.88 Å². The minimum Gasteiger partial charge on any atom is -0.379 e. The van der Waals surface area contributed by atoms with Gasteiger partial charge in [0.05, 0.1) is 17.0 Å². The summed E-state index contributed by atoms with van der Waals surface area (Å²) in [6.07, 6.45) is 0. The van der Waals surface area contributed by atoms with E-state index in [4.69, 9.17) is 4.74 Å². The number of hydrogen-bond acceptors (Lipinski definition) is 5. The Morgan fingerprint density at radius 3 is 2.78 bits per heavy atom. The molecule has 0 aliphatic carbocycles. The Morgan fingerprint density at radius 1 is 1.50 bits per heavy atom. The van der Waals surface area contributed by atoms with Crippen molar-refractivity contribution in [2.24, 2.45) is 0 Å². The summed E-state index contributed by atoms with van der Waals surface area (Å²) in [5.41, 5.74) is 0. The van der Waals surface area contributed by atoms with E-state index in [2.05, 4.69) is 21.2 Å². The lowest BCUT2D eigenvalue weighted by Gasteiger charge is -2.25. The Labute approximate surface area is 119 Å². The first-order valence-electron chi connectivity index (χ1n) is 5.56. The molecule has 0 aromatic carbocycles. The molecule has 1 aliphatic heterocycles. The van der Waals surface area contributed by atoms with Crippen molar-refractivity contribution in [2.45, 2.75) is 11.4 Å². The fourth-order valence-corrected chi connectivity index (χ4v) is 5.81. The Balaban J connectivity index is 2.28. The highest BCUT2D eigenvalue weighted by atomic mass is 79.9. The van der Waals surface area contributed by atoms with Crippen molar-refractivity contribution in [3.63, 3.8) is 0 Å². The molecular formula is C10H15BrN2O3S2. The summed E-state index contributed by atoms with van der Waals surface area (Å²) >= 11 is 4.79. The second-order valence-electron chi connectivity index (χ2n) is 3.90. The summed E-state index contributed by atoms with van der Waals surface area (Å²) in [5.74, 6) is 0. The van der Waals surface area contributed by atoms with Gasteiger partial charge in [-0.05, 0) is 29.0 Å². The molecule has 2 heterocycles. The standard InChI is InChI=1S/C10H15BrN2O3S2/c1-12-7-8-6-9(10(11)17-8)18(14,15)13-2-4-16-5-3-13/h6,12H,2-5,7H2,1H3. The third kappa shape index (κ3) is 2.94. The van der Waals surface area contributed by atoms with Crippen molar-refractivity contribution in [1.29, 1.82) is 0 Å². The molecule has 0 bridgehead atoms. The Morgan fingerprint density at radius 2 is 2.17 bits per heavy atom. The first-order valence-corrected chi connectivity index (χ1v) is 8.61. The monoisotopic (exact) mass is 354 g/mol. The number of ether oxygens (including phenoxy) is 1. The second kappa shape index (κ2) is 5.98. The maximum Gasteiger partial charge on any atom is 0.245 e. The van der Waals surface area contributed by atoms with Gasteiger partial charge in [-0.2, -0.15) is 4.31 Å². The van der Waals surface area contributed by atoms with Gasteiger partial charge in [0, 0.05) is 24.5 Å². The van der Waals surface area contributed by atoms with Crippen LogP contribution >= 0.6 is 27.3 Å². The molecule has 0 radical (unpaired) electrons. The molecule has 5 nitrogen and oxygen atoms in total. The summed E-state index contributed by atoms with van der Waals surface area (Å²) in [5, 5.41) is 3.02. The number of thiophene rings is 1. The fraction of sp³-hybridized carbons (Fsp3) is 0.600. The predicted molar refractivity (Wildman–Crippen MR) is 74.4 cm³/mol. The second-order valence-corrected chi connectivity index (χ2v) is 8.26. The van der Waals surface area contributed by atoms with E-state index >= 15 is 0 Å². The van der Waals surface area contributed by atoms with Gasteiger partial charge >= 0.3 is 0 Å². The first kappa shape index (κ1) is 14.4. The summed E-state index contributed by atoms with van der Waals surface area (Å²) in [6, 6.07) is 1.73. The van der Waals surface area contributed by atoms with Crippen LogP contribution < -0.4 is 5.32 Å². The SMILES string of the molecule is CNCc1cc(S(=O)(=O)N2CCOCC2)c(Br)s1. The molecule has 2 rings (SSSR count). The van der Waals surface area contributed by atoms with Gasteiger partial charge in [-0.1, -0.05) is 0 Å². The molecule has 0 atom stereocenters. The molecule has 1 aromatic rings. The molecule has 8 heteroatoms. The molecule has 0 unspecified atom stereocenters. The molecule has 1 aromatic heterocycles. The number of halogens is 1. The summed E-state index contributed by atoms with van der Waals surface area (Å²) in [7, 11) is -1.56. The maximum absolute atomic E-state index is 12.5. The van der Waals surface area contributed by atoms with Gasteiger partial charge in [0.15, 0.2) is 0 Å². The minimum atomic E-state index is -3.40. The zero-order chi connectivity index (χ0) is 13.2. The topological polar surface area (TPSA) is 58.6 Å². The maximum atomic E-state index is 12.5. The lowest BCUT2D eigenvalue weighted by molar-refractivity contribution is 0.0730. The molecule has 1 fully saturated rings. The molecule has 1 saturated heterocycles. The third-order valence-electron chi connectivity index (χ3n) is 2.65. The Hall–Kier alpha value is 0.01000. The normalized spacial score (nSPS) is 18.1. The zero-order valence-electron chi connectivity index (χ0n) is 9.98. The van der Waals surface area contributed by atoms with Crippen LogP contribution in [0.1, 0.15) is 4.88 Å². The molecule has 1 N–H and O–H groups in total. The smallest absolute Gasteiger partial charge is 0.245 e. The van der Waals surface area contributed by atoms with E-state index in [0.29, 0.717) is 41.5 Å². The van der Waals surface area contributed by atoms with E-state index in [1.165, 1.54) is 15.6 Å². The van der Waals surface area contributed by atoms with Gasteiger partial charge in [-0.15, -0.1) is 11.3 Å². The Bertz CT molecular complexity index is 509. The van der Waals surface area contributed by atoms with E-state index in [1.807, 2.05) is 7.05 Å². The van der Waals surface area contributed by atoms with Crippen LogP contribution in [0.5, 0.6) is 0 Å². The average Bonchev–Trinajstić information content (AvgIpc) is 2.73. The number of nitrogens with zero attached hydrogens (tertiary/aromatic N) is 1. The van der Waals surface area contributed by atoms with Crippen LogP contribution in [0.25, 0.3) is 0 Å². The third-order valence-corrected chi connectivity index (χ3v) is 6.80. The van der Waals surface area contributed by atoms with Crippen LogP contribution in [-0.2, 0) is 21.3 Å². The summed E-state index contributed by atoms with van der Waals surface area (Å²) < 4.78 is 32.2. The largest absolute Gasteiger partial charge is 0.379 e. The van der Waals surface area contributed by atoms with E-state index in [9.17, 15) is 8.42 Å². The van der Waals surface area contributed by atoms with Gasteiger partial charge in [-0.25, -0.2) is 8.42 Å². The summed E-state index contributed by atoms with van der Waals surface area (Å²) in [4.78, 5) is 1.36. The zero-order valence-corrected chi connectivity index (χ0v) is 13.2. The minimum absolute atomic E-state index is 0.361. The van der Waals surface area contributed by atoms with Crippen molar-refractivity contribution in [3.8, 4) is 0 Å². The van der Waals surface area contributed by atoms with Gasteiger partial charge in [0.25, 0.3) is 0 Å². The van der Waals surface area contributed by atoms with Gasteiger partial charge in [-0.3, -0.25) is 0 Å². The van der Waals surface area contributed by atoms with Crippen molar-refractivity contribution < 1.29 is 13.2 Å². The van der Waals surface area contributed by atoms with Crippen molar-refractivity contribution in [3.05, 3.63) is 14.7 Å². The quantitative estimate of drug-likeness (QED) is 0.883. The summed E-state index contributed by atoms with van der Waals surface area (Å²) in [6.45, 7) is 2.44. The number of rotatable bonds is 4. The van der Waals surface area contributed by atoms with E-state index in [-0.39, 0.29) is 0 Å². The Kier molecular flexibility index (Phi) is 4.79. The molecule has 18 heavy (non-hydrogen) atoms. The first-order chi connectivity index (χ1) is 8.55. The van der Waals surface area contributed by atoms with Crippen molar-refractivity contribution in [2.75, 3.05) is 33.4 Å². The van der Waals surface area contributed by atoms with Crippen LogP contribution in [0.15, 0.2) is 14.7 Å². The molecule has 0 spiro atoms. The molecule has 1 aliphatic rings. The lowest BCUT2D eigenvalue weighted by Crippen LogP contribution is -2.40. The molecule has 0 amide bonds. The van der Waals surface area contributed by atoms with Crippen LogP contribution in [-0.4, -0.2) is 46.1 Å². The van der Waals surface area contributed by atoms with Gasteiger partial charge in [0.2, 0.25) is 10.0 Å². The van der Waals surface area contributed by atoms with E-state index < -0.39 is 10.0 Å². The fourth-order valence-electron chi connectivity index (χ4n) is 1.76. The number of sulfonamides is 1. The highest BCUT2D eigenvalue weighted by molar-refractivity contribution is 9.11. The van der Waals surface area contributed by atoms with Gasteiger partial charge in [0.1, 0.15) is 4.90 Å². The van der Waals surface area contributed by atoms with Crippen molar-refractivity contribution in [1.82, 2.24) is 9.62 Å². The van der Waals surface area contributed by atoms with Crippen molar-refractivity contribution >= 4 is 37.3 Å². The highest BCUT2D eigenvalue weighted by Crippen LogP contribution is 2.33. The molecule has 102 valence electrons. The average molecular weight is 355 g/mol. The lowest BCUT2D eigenvalue weighted by atomic mass is 10.5. The van der Waals surface area contributed by atoms with Crippen LogP contribution in [0.2, 0.25) is 0 Å². The number of hydrogen-bond donors (Lipinski definition) is 1. The van der Waals surface area contributed by atoms with Gasteiger partial charge < -0.3 is 10.1 Å². The predicted octanol–water partition coefficient (Wildman–Crippen LogP) is 1.25. The van der Waals surface area contributed by atoms with Crippen LogP contribution in [0.4, 0.5) is 0 Å². The molecular weight excluding hydrogens is 340 g/mol. The van der Waals surface area contributed by atoms with Crippen LogP contribution in [0.3, 0.4) is 0 Å².